The summed E-state index contributed by atoms with van der Waals surface area (Å²) in [7, 11) is 5.28. The summed E-state index contributed by atoms with van der Waals surface area (Å²) in [6, 6.07) is 20.2. The van der Waals surface area contributed by atoms with Crippen molar-refractivity contribution in [1.29, 1.82) is 0 Å². The van der Waals surface area contributed by atoms with Gasteiger partial charge in [-0.15, -0.1) is 0 Å². The molecule has 0 aliphatic carbocycles. The average Bonchev–Trinajstić information content (AvgIpc) is 3.89. The summed E-state index contributed by atoms with van der Waals surface area (Å²) in [6.07, 6.45) is 6.72. The molecular weight excluding hydrogens is 880 g/mol. The number of ether oxygens (including phenoxy) is 4. The average molecular weight is 938 g/mol. The fourth-order valence-electron chi connectivity index (χ4n) is 9.00. The van der Waals surface area contributed by atoms with Gasteiger partial charge in [0.25, 0.3) is 11.8 Å². The maximum absolute atomic E-state index is 13.5. The van der Waals surface area contributed by atoms with Gasteiger partial charge >= 0.3 is 0 Å². The molecule has 4 aliphatic heterocycles. The number of para-hydroxylation sites is 2. The number of nitrogens with zero attached hydrogens (tertiary/aromatic N) is 8. The lowest BCUT2D eigenvalue weighted by atomic mass is 9.88. The number of aromatic nitrogens is 6. The highest BCUT2D eigenvalue weighted by Crippen LogP contribution is 2.35. The minimum absolute atomic E-state index is 0.0103. The Bertz CT molecular complexity index is 2580. The Balaban J connectivity index is 0.000000146. The van der Waals surface area contributed by atoms with E-state index in [4.69, 9.17) is 18.9 Å². The fraction of sp³-hybridized carbons (Fsp3) is 0.447. The van der Waals surface area contributed by atoms with Crippen LogP contribution in [-0.2, 0) is 38.0 Å². The number of aryl methyl sites for hydroxylation is 3. The SMILES string of the molecule is COc1cc(C)nc(N2CCC3(CC2)OCCN(Cc2c[nH]c4ccccc24)C3=O)n1.COc1cc(C)nc(N2CCC3(CC2)OCCNC3=O)n1.Cn1cc(CBr)c2ccccc21. The number of benzene rings is 2. The molecule has 0 unspecified atom stereocenters. The van der Waals surface area contributed by atoms with E-state index in [1.165, 1.54) is 16.5 Å². The molecule has 4 saturated heterocycles. The highest BCUT2D eigenvalue weighted by Gasteiger charge is 2.48. The Kier molecular flexibility index (Phi) is 13.7. The lowest BCUT2D eigenvalue weighted by Crippen LogP contribution is -2.60. The number of carbonyl (C=O) groups excluding carboxylic acids is 2. The third kappa shape index (κ3) is 9.52. The Morgan fingerprint density at radius 2 is 1.31 bits per heavy atom. The van der Waals surface area contributed by atoms with E-state index in [0.29, 0.717) is 108 Å². The number of hydrogen-bond acceptors (Lipinski definition) is 12. The van der Waals surface area contributed by atoms with Gasteiger partial charge in [0.1, 0.15) is 11.2 Å². The van der Waals surface area contributed by atoms with E-state index < -0.39 is 11.2 Å². The number of halogens is 1. The molecular formula is C47H57BrN10O6. The summed E-state index contributed by atoms with van der Waals surface area (Å²) in [5.74, 6) is 2.51. The topological polar surface area (TPSA) is 165 Å². The molecule has 0 atom stereocenters. The van der Waals surface area contributed by atoms with Crippen molar-refractivity contribution in [3.8, 4) is 11.8 Å². The van der Waals surface area contributed by atoms with Crippen LogP contribution in [-0.4, -0.2) is 124 Å². The van der Waals surface area contributed by atoms with Crippen LogP contribution in [0.5, 0.6) is 11.8 Å². The molecule has 338 valence electrons. The molecule has 6 aromatic rings. The molecule has 4 fully saturated rings. The molecule has 16 nitrogen and oxygen atoms in total. The van der Waals surface area contributed by atoms with Gasteiger partial charge < -0.3 is 48.5 Å². The molecule has 0 bridgehead atoms. The van der Waals surface area contributed by atoms with Crippen molar-refractivity contribution >= 4 is 61.4 Å². The lowest BCUT2D eigenvalue weighted by molar-refractivity contribution is -0.176. The van der Waals surface area contributed by atoms with Crippen molar-refractivity contribution in [1.82, 2.24) is 39.7 Å². The number of alkyl halides is 1. The minimum atomic E-state index is -0.755. The predicted octanol–water partition coefficient (Wildman–Crippen LogP) is 6.03. The van der Waals surface area contributed by atoms with Crippen LogP contribution < -0.4 is 24.6 Å². The zero-order valence-electron chi connectivity index (χ0n) is 37.2. The van der Waals surface area contributed by atoms with Crippen molar-refractivity contribution in [2.24, 2.45) is 7.05 Å². The van der Waals surface area contributed by atoms with E-state index >= 15 is 0 Å². The third-order valence-electron chi connectivity index (χ3n) is 12.5. The van der Waals surface area contributed by atoms with Gasteiger partial charge in [-0.3, -0.25) is 9.59 Å². The van der Waals surface area contributed by atoms with Crippen molar-refractivity contribution in [2.75, 3.05) is 76.5 Å². The molecule has 10 rings (SSSR count). The second-order valence-corrected chi connectivity index (χ2v) is 17.2. The number of fused-ring (bicyclic) bond motifs is 2. The molecule has 2 spiro atoms. The van der Waals surface area contributed by atoms with Crippen molar-refractivity contribution in [3.63, 3.8) is 0 Å². The molecule has 0 saturated carbocycles. The Labute approximate surface area is 381 Å². The lowest BCUT2D eigenvalue weighted by Gasteiger charge is -2.46. The van der Waals surface area contributed by atoms with Gasteiger partial charge in [-0.2, -0.15) is 9.97 Å². The normalized spacial score (nSPS) is 18.1. The summed E-state index contributed by atoms with van der Waals surface area (Å²) in [5, 5.41) is 6.32. The number of anilines is 2. The monoisotopic (exact) mass is 936 g/mol. The first-order chi connectivity index (χ1) is 31.0. The van der Waals surface area contributed by atoms with Gasteiger partial charge in [0.15, 0.2) is 0 Å². The van der Waals surface area contributed by atoms with Crippen LogP contribution in [0, 0.1) is 13.8 Å². The molecule has 2 aromatic carbocycles. The summed E-state index contributed by atoms with van der Waals surface area (Å²) in [6.45, 7) is 9.51. The van der Waals surface area contributed by atoms with Crippen molar-refractivity contribution < 1.29 is 28.5 Å². The largest absolute Gasteiger partial charge is 0.481 e. The van der Waals surface area contributed by atoms with Crippen molar-refractivity contribution in [2.45, 2.75) is 62.6 Å². The zero-order chi connectivity index (χ0) is 44.8. The van der Waals surface area contributed by atoms with Crippen LogP contribution in [0.3, 0.4) is 0 Å². The number of carbonyl (C=O) groups is 2. The van der Waals surface area contributed by atoms with E-state index in [9.17, 15) is 9.59 Å². The first-order valence-corrected chi connectivity index (χ1v) is 22.9. The number of nitrogens with one attached hydrogen (secondary N) is 2. The van der Waals surface area contributed by atoms with E-state index in [0.717, 1.165) is 33.2 Å². The van der Waals surface area contributed by atoms with Crippen LogP contribution in [0.2, 0.25) is 0 Å². The molecule has 4 aromatic heterocycles. The van der Waals surface area contributed by atoms with Crippen LogP contribution in [0.4, 0.5) is 11.9 Å². The standard InChI is InChI=1S/C23H27N5O3.C14H20N4O3.C10H10BrN/c1-16-13-20(30-2)26-22(25-16)27-9-7-23(8-10-27)21(29)28(11-12-31-23)15-17-14-24-19-6-4-3-5-18(17)19;1-10-9-11(20-2)17-13(16-10)18-6-3-14(4-7-18)12(19)15-5-8-21-14;1-12-7-8(6-11)9-4-2-3-5-10(9)12/h3-6,13-14,24H,7-12,15H2,1-2H3;9H,3-8H2,1-2H3,(H,15,19);2-5,7H,6H2,1H3. The highest BCUT2D eigenvalue weighted by molar-refractivity contribution is 9.08. The van der Waals surface area contributed by atoms with E-state index in [2.05, 4.69) is 110 Å². The summed E-state index contributed by atoms with van der Waals surface area (Å²) in [5.41, 5.74) is 5.19. The molecule has 17 heteroatoms. The maximum Gasteiger partial charge on any atom is 0.255 e. The number of morpholine rings is 2. The van der Waals surface area contributed by atoms with Gasteiger partial charge in [-0.05, 0) is 37.1 Å². The third-order valence-corrected chi connectivity index (χ3v) is 13.1. The minimum Gasteiger partial charge on any atom is -0.481 e. The highest BCUT2D eigenvalue weighted by atomic mass is 79.9. The predicted molar refractivity (Wildman–Crippen MR) is 249 cm³/mol. The number of aromatic amines is 1. The van der Waals surface area contributed by atoms with Crippen LogP contribution in [0.25, 0.3) is 21.8 Å². The first kappa shape index (κ1) is 44.8. The number of H-pyrrole nitrogens is 1. The maximum atomic E-state index is 13.5. The summed E-state index contributed by atoms with van der Waals surface area (Å²) >= 11 is 3.48. The summed E-state index contributed by atoms with van der Waals surface area (Å²) in [4.78, 5) is 52.8. The number of rotatable bonds is 7. The van der Waals surface area contributed by atoms with E-state index in [-0.39, 0.29) is 11.8 Å². The number of piperidine rings is 2. The van der Waals surface area contributed by atoms with Crippen LogP contribution >= 0.6 is 15.9 Å². The number of hydrogen-bond donors (Lipinski definition) is 2. The second-order valence-electron chi connectivity index (χ2n) is 16.6. The fourth-order valence-corrected chi connectivity index (χ4v) is 9.44. The smallest absolute Gasteiger partial charge is 0.255 e. The van der Waals surface area contributed by atoms with E-state index in [1.807, 2.05) is 43.1 Å². The second kappa shape index (κ2) is 19.5. The van der Waals surface area contributed by atoms with E-state index in [1.54, 1.807) is 20.3 Å². The Hall–Kier alpha value is -5.78. The van der Waals surface area contributed by atoms with Crippen LogP contribution in [0.1, 0.15) is 48.2 Å². The van der Waals surface area contributed by atoms with Gasteiger partial charge in [-0.25, -0.2) is 9.97 Å². The Morgan fingerprint density at radius 1 is 0.734 bits per heavy atom. The molecule has 2 amide bonds. The first-order valence-electron chi connectivity index (χ1n) is 21.8. The molecule has 64 heavy (non-hydrogen) atoms. The van der Waals surface area contributed by atoms with Gasteiger partial charge in [0, 0.05) is 142 Å². The summed E-state index contributed by atoms with van der Waals surface area (Å²) < 4.78 is 24.5. The molecule has 8 heterocycles. The zero-order valence-corrected chi connectivity index (χ0v) is 38.8. The van der Waals surface area contributed by atoms with Gasteiger partial charge in [0.2, 0.25) is 23.7 Å². The molecule has 0 radical (unpaired) electrons. The Morgan fingerprint density at radius 3 is 1.92 bits per heavy atom. The quantitative estimate of drug-likeness (QED) is 0.179. The van der Waals surface area contributed by atoms with Crippen LogP contribution in [0.15, 0.2) is 73.1 Å². The number of methoxy groups -OCH3 is 2. The van der Waals surface area contributed by atoms with Gasteiger partial charge in [0.05, 0.1) is 27.4 Å². The number of amides is 2. The van der Waals surface area contributed by atoms with Crippen molar-refractivity contribution in [3.05, 3.63) is 95.6 Å². The molecule has 2 N–H and O–H groups in total. The van der Waals surface area contributed by atoms with Gasteiger partial charge in [-0.1, -0.05) is 52.3 Å². The molecule has 4 aliphatic rings.